The molecular formula is C29H35N5O3S. The van der Waals surface area contributed by atoms with Gasteiger partial charge in [0.2, 0.25) is 17.7 Å². The molecule has 2 aromatic heterocycles. The first-order chi connectivity index (χ1) is 18.2. The van der Waals surface area contributed by atoms with Gasteiger partial charge in [-0.3, -0.25) is 14.4 Å². The van der Waals surface area contributed by atoms with Crippen LogP contribution >= 0.6 is 11.3 Å². The number of thiophene rings is 1. The second-order valence-electron chi connectivity index (χ2n) is 10.2. The SMILES string of the molecule is CCCC(=O)N[C@@H](Cc1c[nH]c2ccccc12)NC(=O)[C@@H](Cc1csc2ccccc12)NC(=O)C(C)(C)N. The van der Waals surface area contributed by atoms with Crippen molar-refractivity contribution in [1.29, 1.82) is 0 Å². The van der Waals surface area contributed by atoms with Gasteiger partial charge in [0.1, 0.15) is 12.2 Å². The Labute approximate surface area is 226 Å². The van der Waals surface area contributed by atoms with Crippen molar-refractivity contribution in [1.82, 2.24) is 20.9 Å². The van der Waals surface area contributed by atoms with E-state index in [-0.39, 0.29) is 11.8 Å². The van der Waals surface area contributed by atoms with Gasteiger partial charge in [-0.15, -0.1) is 11.3 Å². The largest absolute Gasteiger partial charge is 0.361 e. The van der Waals surface area contributed by atoms with Gasteiger partial charge in [-0.05, 0) is 54.3 Å². The zero-order chi connectivity index (χ0) is 27.3. The molecule has 2 heterocycles. The Morgan fingerprint density at radius 1 is 0.947 bits per heavy atom. The van der Waals surface area contributed by atoms with Crippen LogP contribution in [0.25, 0.3) is 21.0 Å². The number of benzene rings is 2. The average Bonchev–Trinajstić information content (AvgIpc) is 3.47. The van der Waals surface area contributed by atoms with Gasteiger partial charge in [-0.1, -0.05) is 43.3 Å². The monoisotopic (exact) mass is 533 g/mol. The van der Waals surface area contributed by atoms with E-state index in [1.807, 2.05) is 67.0 Å². The fraction of sp³-hybridized carbons (Fsp3) is 0.345. The maximum Gasteiger partial charge on any atom is 0.244 e. The molecule has 0 saturated carbocycles. The van der Waals surface area contributed by atoms with Gasteiger partial charge >= 0.3 is 0 Å². The molecule has 0 fully saturated rings. The van der Waals surface area contributed by atoms with Gasteiger partial charge < -0.3 is 26.7 Å². The molecule has 0 aliphatic heterocycles. The van der Waals surface area contributed by atoms with Crippen LogP contribution in [0.1, 0.15) is 44.7 Å². The fourth-order valence-electron chi connectivity index (χ4n) is 4.39. The maximum atomic E-state index is 13.7. The van der Waals surface area contributed by atoms with Crippen LogP contribution < -0.4 is 21.7 Å². The zero-order valence-corrected chi connectivity index (χ0v) is 22.8. The first kappa shape index (κ1) is 27.3. The van der Waals surface area contributed by atoms with Gasteiger partial charge in [0.05, 0.1) is 5.54 Å². The number of hydrogen-bond acceptors (Lipinski definition) is 5. The third-order valence-electron chi connectivity index (χ3n) is 6.42. The molecule has 4 rings (SSSR count). The molecule has 0 spiro atoms. The van der Waals surface area contributed by atoms with Crippen molar-refractivity contribution in [2.45, 2.75) is 64.2 Å². The quantitative estimate of drug-likeness (QED) is 0.188. The number of aromatic nitrogens is 1. The van der Waals surface area contributed by atoms with E-state index in [0.29, 0.717) is 25.7 Å². The molecule has 200 valence electrons. The summed E-state index contributed by atoms with van der Waals surface area (Å²) in [6.45, 7) is 5.13. The summed E-state index contributed by atoms with van der Waals surface area (Å²) in [5.41, 5.74) is 7.78. The minimum Gasteiger partial charge on any atom is -0.361 e. The number of nitrogens with one attached hydrogen (secondary N) is 4. The van der Waals surface area contributed by atoms with Gasteiger partial charge in [-0.25, -0.2) is 0 Å². The highest BCUT2D eigenvalue weighted by Crippen LogP contribution is 2.27. The van der Waals surface area contributed by atoms with Gasteiger partial charge in [0.15, 0.2) is 0 Å². The van der Waals surface area contributed by atoms with Crippen molar-refractivity contribution in [3.05, 3.63) is 71.2 Å². The molecule has 9 heteroatoms. The molecule has 3 amide bonds. The number of hydrogen-bond donors (Lipinski definition) is 5. The van der Waals surface area contributed by atoms with Crippen LogP contribution in [0.2, 0.25) is 0 Å². The zero-order valence-electron chi connectivity index (χ0n) is 22.0. The van der Waals surface area contributed by atoms with Crippen LogP contribution in [0.5, 0.6) is 0 Å². The molecule has 38 heavy (non-hydrogen) atoms. The highest BCUT2D eigenvalue weighted by Gasteiger charge is 2.30. The van der Waals surface area contributed by atoms with Crippen molar-refractivity contribution in [3.63, 3.8) is 0 Å². The summed E-state index contributed by atoms with van der Waals surface area (Å²) in [5.74, 6) is -0.968. The Morgan fingerprint density at radius 3 is 2.39 bits per heavy atom. The topological polar surface area (TPSA) is 129 Å². The summed E-state index contributed by atoms with van der Waals surface area (Å²) in [5, 5.41) is 12.9. The van der Waals surface area contributed by atoms with E-state index >= 15 is 0 Å². The molecule has 0 bridgehead atoms. The number of amides is 3. The minimum atomic E-state index is -1.16. The van der Waals surface area contributed by atoms with Crippen molar-refractivity contribution in [2.75, 3.05) is 0 Å². The van der Waals surface area contributed by atoms with Gasteiger partial charge in [-0.2, -0.15) is 0 Å². The first-order valence-corrected chi connectivity index (χ1v) is 13.7. The normalized spacial score (nSPS) is 13.3. The second kappa shape index (κ2) is 11.8. The summed E-state index contributed by atoms with van der Waals surface area (Å²) < 4.78 is 1.11. The predicted octanol–water partition coefficient (Wildman–Crippen LogP) is 3.75. The van der Waals surface area contributed by atoms with E-state index in [4.69, 9.17) is 5.73 Å². The summed E-state index contributed by atoms with van der Waals surface area (Å²) >= 11 is 1.59. The highest BCUT2D eigenvalue weighted by molar-refractivity contribution is 7.17. The lowest BCUT2D eigenvalue weighted by Crippen LogP contribution is -2.59. The highest BCUT2D eigenvalue weighted by atomic mass is 32.1. The van der Waals surface area contributed by atoms with Crippen LogP contribution in [0, 0.1) is 0 Å². The number of carbonyl (C=O) groups excluding carboxylic acids is 3. The van der Waals surface area contributed by atoms with E-state index in [1.165, 1.54) is 0 Å². The molecule has 0 aliphatic carbocycles. The Kier molecular flexibility index (Phi) is 8.48. The molecule has 8 nitrogen and oxygen atoms in total. The number of nitrogens with two attached hydrogens (primary N) is 1. The molecular weight excluding hydrogens is 498 g/mol. The molecule has 0 unspecified atom stereocenters. The number of rotatable bonds is 11. The Bertz CT molecular complexity index is 1430. The van der Waals surface area contributed by atoms with Crippen molar-refractivity contribution in [2.24, 2.45) is 5.73 Å². The minimum absolute atomic E-state index is 0.148. The van der Waals surface area contributed by atoms with Crippen molar-refractivity contribution >= 4 is 50.0 Å². The van der Waals surface area contributed by atoms with E-state index in [2.05, 4.69) is 20.9 Å². The van der Waals surface area contributed by atoms with E-state index in [1.54, 1.807) is 25.2 Å². The predicted molar refractivity (Wildman–Crippen MR) is 153 cm³/mol. The number of para-hydroxylation sites is 1. The lowest BCUT2D eigenvalue weighted by atomic mass is 10.0. The van der Waals surface area contributed by atoms with Crippen LogP contribution in [0.3, 0.4) is 0 Å². The Hall–Kier alpha value is -3.69. The Morgan fingerprint density at radius 2 is 1.66 bits per heavy atom. The number of fused-ring (bicyclic) bond motifs is 2. The molecule has 0 aliphatic rings. The van der Waals surface area contributed by atoms with Crippen LogP contribution in [-0.2, 0) is 27.2 Å². The van der Waals surface area contributed by atoms with Gasteiger partial charge in [0, 0.05) is 41.1 Å². The van der Waals surface area contributed by atoms with E-state index < -0.39 is 23.7 Å². The van der Waals surface area contributed by atoms with E-state index in [9.17, 15) is 14.4 Å². The third-order valence-corrected chi connectivity index (χ3v) is 7.43. The molecule has 0 saturated heterocycles. The smallest absolute Gasteiger partial charge is 0.244 e. The lowest BCUT2D eigenvalue weighted by molar-refractivity contribution is -0.132. The summed E-state index contributed by atoms with van der Waals surface area (Å²) in [7, 11) is 0. The van der Waals surface area contributed by atoms with Gasteiger partial charge in [0.25, 0.3) is 0 Å². The fourth-order valence-corrected chi connectivity index (χ4v) is 5.36. The van der Waals surface area contributed by atoms with Crippen LogP contribution in [0.4, 0.5) is 0 Å². The lowest BCUT2D eigenvalue weighted by Gasteiger charge is -2.27. The standard InChI is InChI=1S/C29H35N5O3S/c1-4-9-26(35)33-25(15-18-16-31-22-12-7-5-10-20(18)22)34-27(36)23(32-28(37)29(2,3)30)14-19-17-38-24-13-8-6-11-21(19)24/h5-8,10-13,16-17,23,25,31H,4,9,14-15,30H2,1-3H3,(H,32,37)(H,33,35)(H,34,36)/t23-,25-/m1/s1. The number of carbonyl (C=O) groups is 3. The Balaban J connectivity index is 1.59. The average molecular weight is 534 g/mol. The molecule has 2 atom stereocenters. The molecule has 0 radical (unpaired) electrons. The number of H-pyrrole nitrogens is 1. The molecule has 4 aromatic rings. The first-order valence-electron chi connectivity index (χ1n) is 12.9. The summed E-state index contributed by atoms with van der Waals surface area (Å²) in [6.07, 6.45) is 2.95. The van der Waals surface area contributed by atoms with E-state index in [0.717, 1.165) is 32.1 Å². The van der Waals surface area contributed by atoms with Crippen molar-refractivity contribution in [3.8, 4) is 0 Å². The summed E-state index contributed by atoms with van der Waals surface area (Å²) in [6, 6.07) is 15.0. The summed E-state index contributed by atoms with van der Waals surface area (Å²) in [4.78, 5) is 42.3. The molecule has 2 aromatic carbocycles. The molecule has 6 N–H and O–H groups in total. The maximum absolute atomic E-state index is 13.7. The third kappa shape index (κ3) is 6.59. The van der Waals surface area contributed by atoms with Crippen LogP contribution in [0.15, 0.2) is 60.1 Å². The van der Waals surface area contributed by atoms with Crippen LogP contribution in [-0.4, -0.2) is 40.5 Å². The number of aromatic amines is 1. The van der Waals surface area contributed by atoms with Crippen molar-refractivity contribution < 1.29 is 14.4 Å². The second-order valence-corrected chi connectivity index (χ2v) is 11.1.